The number of benzene rings is 2. The summed E-state index contributed by atoms with van der Waals surface area (Å²) in [5.74, 6) is 0.857. The number of ether oxygens (including phenoxy) is 3. The fourth-order valence-corrected chi connectivity index (χ4v) is 2.89. The van der Waals surface area contributed by atoms with Gasteiger partial charge in [0.25, 0.3) is 5.91 Å². The number of para-hydroxylation sites is 3. The van der Waals surface area contributed by atoms with Gasteiger partial charge in [-0.3, -0.25) is 10.1 Å². The summed E-state index contributed by atoms with van der Waals surface area (Å²) in [6.07, 6.45) is 3.16. The van der Waals surface area contributed by atoms with Crippen molar-refractivity contribution in [3.63, 3.8) is 0 Å². The van der Waals surface area contributed by atoms with Crippen molar-refractivity contribution in [3.05, 3.63) is 54.1 Å². The zero-order valence-corrected chi connectivity index (χ0v) is 18.4. The van der Waals surface area contributed by atoms with Gasteiger partial charge in [0.05, 0.1) is 24.5 Å². The van der Waals surface area contributed by atoms with E-state index in [2.05, 4.69) is 17.6 Å². The highest BCUT2D eigenvalue weighted by atomic mass is 32.1. The SMILES string of the molecule is CCCCCOc1ccccc1C(=O)NC(=S)Nc1ccccc1OCCOCC. The highest BCUT2D eigenvalue weighted by Crippen LogP contribution is 2.24. The lowest BCUT2D eigenvalue weighted by atomic mass is 10.2. The molecule has 1 amide bonds. The van der Waals surface area contributed by atoms with E-state index >= 15 is 0 Å². The van der Waals surface area contributed by atoms with Crippen molar-refractivity contribution < 1.29 is 19.0 Å². The van der Waals surface area contributed by atoms with Crippen LogP contribution in [0, 0.1) is 0 Å². The highest BCUT2D eigenvalue weighted by Gasteiger charge is 2.14. The molecule has 0 atom stereocenters. The molecule has 0 spiro atoms. The fraction of sp³-hybridized carbons (Fsp3) is 0.391. The highest BCUT2D eigenvalue weighted by molar-refractivity contribution is 7.80. The van der Waals surface area contributed by atoms with Gasteiger partial charge in [-0.25, -0.2) is 0 Å². The summed E-state index contributed by atoms with van der Waals surface area (Å²) in [5, 5.41) is 5.92. The second-order valence-corrected chi connectivity index (χ2v) is 6.91. The summed E-state index contributed by atoms with van der Waals surface area (Å²) in [5.41, 5.74) is 1.11. The Morgan fingerprint density at radius 1 is 0.900 bits per heavy atom. The Balaban J connectivity index is 1.95. The first-order valence-electron chi connectivity index (χ1n) is 10.3. The summed E-state index contributed by atoms with van der Waals surface area (Å²) >= 11 is 5.33. The maximum atomic E-state index is 12.7. The quantitative estimate of drug-likeness (QED) is 0.372. The Bertz CT molecular complexity index is 813. The Morgan fingerprint density at radius 3 is 2.37 bits per heavy atom. The molecule has 2 rings (SSSR count). The molecule has 0 saturated heterocycles. The summed E-state index contributed by atoms with van der Waals surface area (Å²) in [6.45, 7) is 6.22. The number of rotatable bonds is 12. The van der Waals surface area contributed by atoms with Crippen LogP contribution in [0.2, 0.25) is 0 Å². The Morgan fingerprint density at radius 2 is 1.60 bits per heavy atom. The predicted molar refractivity (Wildman–Crippen MR) is 124 cm³/mol. The molecule has 0 radical (unpaired) electrons. The topological polar surface area (TPSA) is 68.8 Å². The lowest BCUT2D eigenvalue weighted by Gasteiger charge is -2.15. The zero-order chi connectivity index (χ0) is 21.6. The molecule has 6 nitrogen and oxygen atoms in total. The van der Waals surface area contributed by atoms with Gasteiger partial charge in [-0.2, -0.15) is 0 Å². The third-order valence-corrected chi connectivity index (χ3v) is 4.39. The van der Waals surface area contributed by atoms with E-state index in [0.717, 1.165) is 19.3 Å². The molecule has 7 heteroatoms. The van der Waals surface area contributed by atoms with E-state index in [1.54, 1.807) is 18.2 Å². The minimum Gasteiger partial charge on any atom is -0.493 e. The number of thiocarbonyl (C=S) groups is 1. The van der Waals surface area contributed by atoms with Gasteiger partial charge < -0.3 is 19.5 Å². The summed E-state index contributed by atoms with van der Waals surface area (Å²) < 4.78 is 16.8. The van der Waals surface area contributed by atoms with Gasteiger partial charge in [0.2, 0.25) is 0 Å². The van der Waals surface area contributed by atoms with Crippen LogP contribution in [-0.4, -0.2) is 37.4 Å². The maximum Gasteiger partial charge on any atom is 0.261 e. The van der Waals surface area contributed by atoms with Crippen molar-refractivity contribution in [2.45, 2.75) is 33.1 Å². The first-order valence-corrected chi connectivity index (χ1v) is 10.7. The van der Waals surface area contributed by atoms with Gasteiger partial charge in [0.15, 0.2) is 5.11 Å². The smallest absolute Gasteiger partial charge is 0.261 e. The van der Waals surface area contributed by atoms with Gasteiger partial charge in [-0.1, -0.05) is 44.0 Å². The van der Waals surface area contributed by atoms with Crippen molar-refractivity contribution >= 4 is 28.9 Å². The zero-order valence-electron chi connectivity index (χ0n) is 17.6. The second kappa shape index (κ2) is 13.6. The molecule has 0 saturated carbocycles. The third kappa shape index (κ3) is 8.00. The molecule has 2 N–H and O–H groups in total. The van der Waals surface area contributed by atoms with Gasteiger partial charge >= 0.3 is 0 Å². The minimum absolute atomic E-state index is 0.182. The van der Waals surface area contributed by atoms with Crippen LogP contribution in [-0.2, 0) is 4.74 Å². The Kier molecular flexibility index (Phi) is 10.7. The maximum absolute atomic E-state index is 12.7. The molecule has 0 aliphatic carbocycles. The second-order valence-electron chi connectivity index (χ2n) is 6.50. The molecule has 0 unspecified atom stereocenters. The lowest BCUT2D eigenvalue weighted by molar-refractivity contribution is 0.0973. The van der Waals surface area contributed by atoms with Gasteiger partial charge in [-0.05, 0) is 49.8 Å². The monoisotopic (exact) mass is 430 g/mol. The van der Waals surface area contributed by atoms with Gasteiger partial charge in [-0.15, -0.1) is 0 Å². The standard InChI is InChI=1S/C23H30N2O4S/c1-3-5-10-15-28-20-13-8-6-11-18(20)22(26)25-23(30)24-19-12-7-9-14-21(19)29-17-16-27-4-2/h6-9,11-14H,3-5,10,15-17H2,1-2H3,(H2,24,25,26,30). The molecule has 0 bridgehead atoms. The number of amides is 1. The van der Waals surface area contributed by atoms with Crippen LogP contribution in [0.4, 0.5) is 5.69 Å². The molecule has 162 valence electrons. The largest absolute Gasteiger partial charge is 0.493 e. The van der Waals surface area contributed by atoms with Crippen LogP contribution in [0.1, 0.15) is 43.5 Å². The van der Waals surface area contributed by atoms with Crippen LogP contribution in [0.15, 0.2) is 48.5 Å². The van der Waals surface area contributed by atoms with Crippen LogP contribution in [0.3, 0.4) is 0 Å². The normalized spacial score (nSPS) is 10.3. The van der Waals surface area contributed by atoms with Crippen molar-refractivity contribution in [1.29, 1.82) is 0 Å². The van der Waals surface area contributed by atoms with E-state index < -0.39 is 0 Å². The first kappa shape index (κ1) is 23.6. The average Bonchev–Trinajstić information content (AvgIpc) is 2.75. The number of hydrogen-bond acceptors (Lipinski definition) is 5. The van der Waals surface area contributed by atoms with Crippen LogP contribution in [0.25, 0.3) is 0 Å². The van der Waals surface area contributed by atoms with Crippen LogP contribution in [0.5, 0.6) is 11.5 Å². The lowest BCUT2D eigenvalue weighted by Crippen LogP contribution is -2.34. The molecule has 0 aliphatic rings. The van der Waals surface area contributed by atoms with Crippen molar-refractivity contribution in [1.82, 2.24) is 5.32 Å². The summed E-state index contributed by atoms with van der Waals surface area (Å²) in [7, 11) is 0. The number of nitrogens with one attached hydrogen (secondary N) is 2. The van der Waals surface area contributed by atoms with Crippen molar-refractivity contribution in [2.75, 3.05) is 31.7 Å². The van der Waals surface area contributed by atoms with Crippen molar-refractivity contribution in [3.8, 4) is 11.5 Å². The van der Waals surface area contributed by atoms with Crippen LogP contribution >= 0.6 is 12.2 Å². The molecule has 2 aromatic rings. The summed E-state index contributed by atoms with van der Waals surface area (Å²) in [4.78, 5) is 12.7. The van der Waals surface area contributed by atoms with E-state index in [0.29, 0.717) is 49.2 Å². The molecule has 0 aromatic heterocycles. The van der Waals surface area contributed by atoms with Gasteiger partial charge in [0, 0.05) is 6.61 Å². The number of anilines is 1. The fourth-order valence-electron chi connectivity index (χ4n) is 2.69. The number of unbranched alkanes of at least 4 members (excludes halogenated alkanes) is 2. The van der Waals surface area contributed by atoms with E-state index in [1.807, 2.05) is 37.3 Å². The molecule has 30 heavy (non-hydrogen) atoms. The predicted octanol–water partition coefficient (Wildman–Crippen LogP) is 4.80. The molecular formula is C23H30N2O4S. The number of carbonyl (C=O) groups is 1. The number of hydrogen-bond donors (Lipinski definition) is 2. The molecular weight excluding hydrogens is 400 g/mol. The molecule has 2 aromatic carbocycles. The molecule has 0 heterocycles. The van der Waals surface area contributed by atoms with Crippen LogP contribution < -0.4 is 20.1 Å². The minimum atomic E-state index is -0.326. The van der Waals surface area contributed by atoms with Gasteiger partial charge in [0.1, 0.15) is 18.1 Å². The van der Waals surface area contributed by atoms with E-state index in [9.17, 15) is 4.79 Å². The molecule has 0 aliphatic heterocycles. The number of carbonyl (C=O) groups excluding carboxylic acids is 1. The summed E-state index contributed by atoms with van der Waals surface area (Å²) in [6, 6.07) is 14.6. The van der Waals surface area contributed by atoms with E-state index in [-0.39, 0.29) is 11.0 Å². The average molecular weight is 431 g/mol. The Labute approximate surface area is 183 Å². The van der Waals surface area contributed by atoms with E-state index in [1.165, 1.54) is 0 Å². The molecule has 0 fully saturated rings. The van der Waals surface area contributed by atoms with E-state index in [4.69, 9.17) is 26.4 Å². The Hall–Kier alpha value is -2.64. The van der Waals surface area contributed by atoms with Crippen molar-refractivity contribution in [2.24, 2.45) is 0 Å². The first-order chi connectivity index (χ1) is 14.7. The third-order valence-electron chi connectivity index (χ3n) is 4.19.